The zero-order valence-corrected chi connectivity index (χ0v) is 17.7. The van der Waals surface area contributed by atoms with Gasteiger partial charge in [0.1, 0.15) is 11.4 Å². The number of hydrogen-bond acceptors (Lipinski definition) is 5. The molecule has 1 fully saturated rings. The van der Waals surface area contributed by atoms with Crippen LogP contribution >= 0.6 is 0 Å². The highest BCUT2D eigenvalue weighted by Crippen LogP contribution is 2.23. The molecule has 0 radical (unpaired) electrons. The summed E-state index contributed by atoms with van der Waals surface area (Å²) in [6.45, 7) is 7.08. The van der Waals surface area contributed by atoms with Crippen LogP contribution in [-0.4, -0.2) is 45.1 Å². The van der Waals surface area contributed by atoms with Crippen molar-refractivity contribution in [2.75, 3.05) is 18.4 Å². The fraction of sp³-hybridized carbons (Fsp3) is 0.545. The van der Waals surface area contributed by atoms with Gasteiger partial charge in [-0.05, 0) is 58.2 Å². The molecule has 4 rings (SSSR count). The van der Waals surface area contributed by atoms with Crippen LogP contribution in [0.5, 0.6) is 0 Å². The number of hydrogen-bond donors (Lipinski definition) is 1. The SMILES string of the molecule is CC(C)(C)OC(=O)N1CCC[C@@H](C(=O)Nc2ccc3nc4n(c(=O)c3c2)CCC4)C1. The summed E-state index contributed by atoms with van der Waals surface area (Å²) in [5, 5.41) is 3.42. The fourth-order valence-electron chi connectivity index (χ4n) is 4.09. The third-order valence-electron chi connectivity index (χ3n) is 5.53. The summed E-state index contributed by atoms with van der Waals surface area (Å²) in [6.07, 6.45) is 2.80. The third-order valence-corrected chi connectivity index (χ3v) is 5.53. The van der Waals surface area contributed by atoms with Crippen molar-refractivity contribution in [1.82, 2.24) is 14.5 Å². The Bertz CT molecular complexity index is 1050. The van der Waals surface area contributed by atoms with E-state index in [0.29, 0.717) is 42.6 Å². The Hall–Kier alpha value is -2.90. The van der Waals surface area contributed by atoms with Gasteiger partial charge in [0.25, 0.3) is 5.56 Å². The number of ether oxygens (including phenoxy) is 1. The molecule has 0 bridgehead atoms. The molecule has 1 saturated heterocycles. The van der Waals surface area contributed by atoms with Crippen LogP contribution in [0.2, 0.25) is 0 Å². The maximum atomic E-state index is 12.8. The number of piperidine rings is 1. The quantitative estimate of drug-likeness (QED) is 0.819. The van der Waals surface area contributed by atoms with Crippen LogP contribution < -0.4 is 10.9 Å². The van der Waals surface area contributed by atoms with Gasteiger partial charge in [-0.15, -0.1) is 0 Å². The van der Waals surface area contributed by atoms with Crippen LogP contribution in [0, 0.1) is 5.92 Å². The highest BCUT2D eigenvalue weighted by atomic mass is 16.6. The van der Waals surface area contributed by atoms with E-state index in [4.69, 9.17) is 4.74 Å². The first-order valence-corrected chi connectivity index (χ1v) is 10.5. The maximum Gasteiger partial charge on any atom is 0.410 e. The van der Waals surface area contributed by atoms with E-state index < -0.39 is 11.7 Å². The molecule has 1 aromatic carbocycles. The monoisotopic (exact) mass is 412 g/mol. The van der Waals surface area contributed by atoms with E-state index >= 15 is 0 Å². The van der Waals surface area contributed by atoms with Crippen LogP contribution in [0.1, 0.15) is 45.9 Å². The van der Waals surface area contributed by atoms with Crippen molar-refractivity contribution in [1.29, 1.82) is 0 Å². The molecule has 8 heteroatoms. The molecule has 8 nitrogen and oxygen atoms in total. The van der Waals surface area contributed by atoms with Crippen molar-refractivity contribution in [2.24, 2.45) is 5.92 Å². The van der Waals surface area contributed by atoms with E-state index in [1.165, 1.54) is 0 Å². The first-order valence-electron chi connectivity index (χ1n) is 10.5. The van der Waals surface area contributed by atoms with Gasteiger partial charge in [-0.2, -0.15) is 0 Å². The number of nitrogens with zero attached hydrogens (tertiary/aromatic N) is 3. The van der Waals surface area contributed by atoms with Gasteiger partial charge in [-0.1, -0.05) is 0 Å². The molecule has 1 N–H and O–H groups in total. The Kier molecular flexibility index (Phi) is 5.26. The van der Waals surface area contributed by atoms with Gasteiger partial charge in [0.05, 0.1) is 16.8 Å². The first-order chi connectivity index (χ1) is 14.2. The summed E-state index contributed by atoms with van der Waals surface area (Å²) in [6, 6.07) is 5.25. The Labute approximate surface area is 175 Å². The average Bonchev–Trinajstić information content (AvgIpc) is 3.16. The molecule has 0 spiro atoms. The number of aromatic nitrogens is 2. The van der Waals surface area contributed by atoms with Crippen molar-refractivity contribution < 1.29 is 14.3 Å². The average molecular weight is 412 g/mol. The van der Waals surface area contributed by atoms with E-state index in [1.54, 1.807) is 27.7 Å². The second-order valence-corrected chi connectivity index (χ2v) is 9.08. The molecule has 2 aromatic rings. The van der Waals surface area contributed by atoms with Gasteiger partial charge in [0, 0.05) is 31.7 Å². The number of likely N-dealkylation sites (tertiary alicyclic amines) is 1. The van der Waals surface area contributed by atoms with Crippen LogP contribution in [0.4, 0.5) is 10.5 Å². The molecule has 0 unspecified atom stereocenters. The molecule has 0 aliphatic carbocycles. The number of nitrogens with one attached hydrogen (secondary N) is 1. The Morgan fingerprint density at radius 2 is 2.00 bits per heavy atom. The van der Waals surface area contributed by atoms with Gasteiger partial charge < -0.3 is 15.0 Å². The number of carbonyl (C=O) groups excluding carboxylic acids is 2. The molecule has 3 heterocycles. The van der Waals surface area contributed by atoms with Crippen LogP contribution in [0.15, 0.2) is 23.0 Å². The maximum absolute atomic E-state index is 12.8. The number of amides is 2. The molecule has 2 aliphatic rings. The van der Waals surface area contributed by atoms with Crippen LogP contribution in [0.25, 0.3) is 10.9 Å². The van der Waals surface area contributed by atoms with E-state index in [0.717, 1.165) is 25.1 Å². The molecule has 160 valence electrons. The lowest BCUT2D eigenvalue weighted by molar-refractivity contribution is -0.121. The zero-order valence-electron chi connectivity index (χ0n) is 17.7. The standard InChI is InChI=1S/C22H28N4O4/c1-22(2,3)30-21(29)25-10-4-6-14(13-25)19(27)23-15-8-9-17-16(12-15)20(28)26-11-5-7-18(26)24-17/h8-9,12,14H,4-7,10-11,13H2,1-3H3,(H,23,27)/t14-/m1/s1. The van der Waals surface area contributed by atoms with Gasteiger partial charge in [0.2, 0.25) is 5.91 Å². The summed E-state index contributed by atoms with van der Waals surface area (Å²) in [7, 11) is 0. The number of carbonyl (C=O) groups is 2. The second kappa shape index (κ2) is 7.74. The minimum absolute atomic E-state index is 0.0580. The molecule has 2 aliphatic heterocycles. The molecule has 1 atom stereocenters. The molecular weight excluding hydrogens is 384 g/mol. The van der Waals surface area contributed by atoms with Crippen LogP contribution in [0.3, 0.4) is 0 Å². The van der Waals surface area contributed by atoms with Crippen LogP contribution in [-0.2, 0) is 22.5 Å². The van der Waals surface area contributed by atoms with Gasteiger partial charge >= 0.3 is 6.09 Å². The number of benzene rings is 1. The molecule has 1 aromatic heterocycles. The largest absolute Gasteiger partial charge is 0.444 e. The summed E-state index contributed by atoms with van der Waals surface area (Å²) in [4.78, 5) is 44.1. The highest BCUT2D eigenvalue weighted by Gasteiger charge is 2.31. The predicted molar refractivity (Wildman–Crippen MR) is 113 cm³/mol. The fourth-order valence-corrected chi connectivity index (χ4v) is 4.09. The predicted octanol–water partition coefficient (Wildman–Crippen LogP) is 2.93. The minimum atomic E-state index is -0.570. The van der Waals surface area contributed by atoms with Crippen molar-refractivity contribution in [2.45, 2.75) is 58.6 Å². The Balaban J connectivity index is 1.47. The van der Waals surface area contributed by atoms with E-state index in [9.17, 15) is 14.4 Å². The molecule has 30 heavy (non-hydrogen) atoms. The number of fused-ring (bicyclic) bond motifs is 2. The normalized spacial score (nSPS) is 18.9. The molecular formula is C22H28N4O4. The summed E-state index contributed by atoms with van der Waals surface area (Å²) >= 11 is 0. The number of anilines is 1. The topological polar surface area (TPSA) is 93.5 Å². The van der Waals surface area contributed by atoms with E-state index in [1.807, 2.05) is 20.8 Å². The smallest absolute Gasteiger partial charge is 0.410 e. The zero-order chi connectivity index (χ0) is 21.5. The molecule has 2 amide bonds. The second-order valence-electron chi connectivity index (χ2n) is 9.08. The van der Waals surface area contributed by atoms with Crippen molar-refractivity contribution in [3.8, 4) is 0 Å². The first kappa shape index (κ1) is 20.4. The number of aryl methyl sites for hydroxylation is 1. The van der Waals surface area contributed by atoms with Crippen molar-refractivity contribution >= 4 is 28.6 Å². The van der Waals surface area contributed by atoms with Crippen molar-refractivity contribution in [3.63, 3.8) is 0 Å². The minimum Gasteiger partial charge on any atom is -0.444 e. The summed E-state index contributed by atoms with van der Waals surface area (Å²) in [5.41, 5.74) is 0.594. The molecule has 0 saturated carbocycles. The summed E-state index contributed by atoms with van der Waals surface area (Å²) in [5.74, 6) is 0.353. The third kappa shape index (κ3) is 4.17. The van der Waals surface area contributed by atoms with E-state index in [2.05, 4.69) is 10.3 Å². The van der Waals surface area contributed by atoms with Gasteiger partial charge in [0.15, 0.2) is 0 Å². The van der Waals surface area contributed by atoms with E-state index in [-0.39, 0.29) is 17.4 Å². The summed E-state index contributed by atoms with van der Waals surface area (Å²) < 4.78 is 7.15. The lowest BCUT2D eigenvalue weighted by Gasteiger charge is -2.33. The highest BCUT2D eigenvalue weighted by molar-refractivity contribution is 5.95. The van der Waals surface area contributed by atoms with Crippen molar-refractivity contribution in [3.05, 3.63) is 34.4 Å². The lowest BCUT2D eigenvalue weighted by Crippen LogP contribution is -2.45. The number of rotatable bonds is 2. The Morgan fingerprint density at radius 3 is 2.77 bits per heavy atom. The lowest BCUT2D eigenvalue weighted by atomic mass is 9.97. The van der Waals surface area contributed by atoms with Gasteiger partial charge in [-0.3, -0.25) is 14.2 Å². The Morgan fingerprint density at radius 1 is 1.20 bits per heavy atom. The van der Waals surface area contributed by atoms with Gasteiger partial charge in [-0.25, -0.2) is 9.78 Å².